The summed E-state index contributed by atoms with van der Waals surface area (Å²) < 4.78 is 44.8. The summed E-state index contributed by atoms with van der Waals surface area (Å²) in [7, 11) is 1.69. The van der Waals surface area contributed by atoms with Gasteiger partial charge < -0.3 is 9.80 Å². The van der Waals surface area contributed by atoms with Gasteiger partial charge in [-0.3, -0.25) is 4.90 Å². The second-order valence-corrected chi connectivity index (χ2v) is 12.4. The molecule has 1 aliphatic carbocycles. The zero-order chi connectivity index (χ0) is 31.4. The van der Waals surface area contributed by atoms with Gasteiger partial charge in [0.1, 0.15) is 0 Å². The molecule has 0 unspecified atom stereocenters. The van der Waals surface area contributed by atoms with Crippen LogP contribution < -0.4 is 4.90 Å². The SMILES string of the molecule is C=CN(/C=C1/C(C(F)(F)F)=CC(CN2CCC[C@H](C)C2)=CN1C)c1cccc(C2(Cc3nn(S)cc3C)CCC2)c1.CC. The van der Waals surface area contributed by atoms with Gasteiger partial charge in [-0.25, -0.2) is 4.09 Å². The normalized spacial score (nSPS) is 21.4. The molecule has 0 spiro atoms. The van der Waals surface area contributed by atoms with Crippen molar-refractivity contribution in [1.29, 1.82) is 0 Å². The molecule has 5 rings (SSSR count). The van der Waals surface area contributed by atoms with Crippen LogP contribution in [0.25, 0.3) is 0 Å². The van der Waals surface area contributed by atoms with E-state index in [0.29, 0.717) is 18.0 Å². The topological polar surface area (TPSA) is 27.5 Å². The van der Waals surface area contributed by atoms with Crippen molar-refractivity contribution >= 4 is 18.5 Å². The van der Waals surface area contributed by atoms with Crippen molar-refractivity contribution in [2.45, 2.75) is 77.8 Å². The molecule has 0 bridgehead atoms. The summed E-state index contributed by atoms with van der Waals surface area (Å²) in [6.45, 7) is 14.5. The third-order valence-electron chi connectivity index (χ3n) is 8.82. The fourth-order valence-electron chi connectivity index (χ4n) is 6.47. The largest absolute Gasteiger partial charge is 0.418 e. The molecule has 3 aliphatic rings. The number of allylic oxidation sites excluding steroid dienone is 1. The Bertz CT molecular complexity index is 1370. The predicted molar refractivity (Wildman–Crippen MR) is 174 cm³/mol. The highest BCUT2D eigenvalue weighted by Crippen LogP contribution is 2.47. The van der Waals surface area contributed by atoms with Gasteiger partial charge in [0.25, 0.3) is 0 Å². The van der Waals surface area contributed by atoms with E-state index in [0.717, 1.165) is 62.1 Å². The first-order valence-corrected chi connectivity index (χ1v) is 15.8. The zero-order valence-electron chi connectivity index (χ0n) is 26.2. The molecule has 2 aromatic rings. The van der Waals surface area contributed by atoms with Crippen LogP contribution in [0.4, 0.5) is 18.9 Å². The molecule has 3 heterocycles. The maximum Gasteiger partial charge on any atom is 0.418 e. The number of alkyl halides is 3. The van der Waals surface area contributed by atoms with Crippen LogP contribution in [0.1, 0.15) is 69.7 Å². The van der Waals surface area contributed by atoms with Crippen molar-refractivity contribution in [3.8, 4) is 0 Å². The molecule has 0 radical (unpaired) electrons. The molecule has 1 saturated heterocycles. The van der Waals surface area contributed by atoms with Crippen LogP contribution in [-0.2, 0) is 11.8 Å². The van der Waals surface area contributed by atoms with Crippen LogP contribution >= 0.6 is 12.8 Å². The van der Waals surface area contributed by atoms with Crippen LogP contribution in [0.3, 0.4) is 0 Å². The molecular formula is C34H46F3N5S. The lowest BCUT2D eigenvalue weighted by atomic mass is 9.62. The molecule has 5 nitrogen and oxygen atoms in total. The third-order valence-corrected chi connectivity index (χ3v) is 9.02. The standard InChI is InChI=1S/C32H40F3N5S.C2H6/c1-5-39(27-11-6-10-26(16-27)31(12-8-13-31)17-29-24(3)19-40(41)36-29)22-30-28(32(33,34)35)15-25(20-37(30)4)21-38-14-7-9-23(2)18-38;1-2/h5-6,10-11,15-16,19-20,22-23,41H,1,7-9,12-14,17-18,21H2,2-4H3;1-2H3/b30-22-;/t23-;/m0./s1. The molecule has 9 heteroatoms. The van der Waals surface area contributed by atoms with Gasteiger partial charge in [-0.05, 0) is 92.8 Å². The fraction of sp³-hybridized carbons (Fsp3) is 0.500. The first kappa shape index (κ1) is 33.0. The summed E-state index contributed by atoms with van der Waals surface area (Å²) in [5.74, 6) is 0.563. The van der Waals surface area contributed by atoms with Crippen molar-refractivity contribution in [3.63, 3.8) is 0 Å². The molecule has 2 aliphatic heterocycles. The Kier molecular flexibility index (Phi) is 10.6. The summed E-state index contributed by atoms with van der Waals surface area (Å²) in [6.07, 6.45) is 9.94. The van der Waals surface area contributed by atoms with E-state index in [1.807, 2.05) is 45.3 Å². The second kappa shape index (κ2) is 13.8. The van der Waals surface area contributed by atoms with Gasteiger partial charge in [0, 0.05) is 62.5 Å². The molecule has 234 valence electrons. The first-order chi connectivity index (χ1) is 20.5. The minimum atomic E-state index is -4.49. The van der Waals surface area contributed by atoms with E-state index in [1.165, 1.54) is 18.1 Å². The van der Waals surface area contributed by atoms with Crippen molar-refractivity contribution in [2.24, 2.45) is 5.92 Å². The van der Waals surface area contributed by atoms with Crippen molar-refractivity contribution < 1.29 is 13.2 Å². The summed E-state index contributed by atoms with van der Waals surface area (Å²) in [5.41, 5.74) is 4.15. The molecular weight excluding hydrogens is 567 g/mol. The zero-order valence-corrected chi connectivity index (χ0v) is 27.1. The fourth-order valence-corrected chi connectivity index (χ4v) is 6.75. The molecule has 0 amide bonds. The predicted octanol–water partition coefficient (Wildman–Crippen LogP) is 8.42. The molecule has 1 saturated carbocycles. The van der Waals surface area contributed by atoms with E-state index in [9.17, 15) is 13.2 Å². The van der Waals surface area contributed by atoms with Crippen LogP contribution in [-0.4, -0.2) is 51.8 Å². The summed E-state index contributed by atoms with van der Waals surface area (Å²) in [5, 5.41) is 4.56. The number of likely N-dealkylation sites (tertiary alicyclic amines) is 1. The van der Waals surface area contributed by atoms with E-state index < -0.39 is 11.7 Å². The molecule has 2 fully saturated rings. The molecule has 1 atom stereocenters. The summed E-state index contributed by atoms with van der Waals surface area (Å²) in [6, 6.07) is 8.10. The Balaban J connectivity index is 0.00000207. The van der Waals surface area contributed by atoms with Gasteiger partial charge in [0.05, 0.1) is 17.0 Å². The van der Waals surface area contributed by atoms with Gasteiger partial charge in [0.2, 0.25) is 0 Å². The lowest BCUT2D eigenvalue weighted by Crippen LogP contribution is -2.37. The van der Waals surface area contributed by atoms with E-state index in [4.69, 9.17) is 0 Å². The third kappa shape index (κ3) is 7.60. The number of nitrogens with zero attached hydrogens (tertiary/aromatic N) is 5. The van der Waals surface area contributed by atoms with Gasteiger partial charge in [-0.2, -0.15) is 18.3 Å². The number of hydrogen-bond acceptors (Lipinski definition) is 5. The first-order valence-electron chi connectivity index (χ1n) is 15.4. The number of anilines is 1. The number of aromatic nitrogens is 2. The summed E-state index contributed by atoms with van der Waals surface area (Å²) in [4.78, 5) is 5.54. The quantitative estimate of drug-likeness (QED) is 0.303. The Morgan fingerprint density at radius 2 is 1.95 bits per heavy atom. The van der Waals surface area contributed by atoms with Gasteiger partial charge >= 0.3 is 6.18 Å². The second-order valence-electron chi connectivity index (χ2n) is 12.0. The monoisotopic (exact) mass is 613 g/mol. The lowest BCUT2D eigenvalue weighted by molar-refractivity contribution is -0.0912. The maximum atomic E-state index is 14.4. The Labute approximate surface area is 261 Å². The maximum absolute atomic E-state index is 14.4. The highest BCUT2D eigenvalue weighted by atomic mass is 32.1. The van der Waals surface area contributed by atoms with Gasteiger partial charge in [0.15, 0.2) is 0 Å². The molecule has 1 aromatic heterocycles. The number of piperidine rings is 1. The van der Waals surface area contributed by atoms with Gasteiger partial charge in [-0.15, -0.1) is 0 Å². The van der Waals surface area contributed by atoms with E-state index in [1.54, 1.807) is 33.3 Å². The number of hydrogen-bond donors (Lipinski definition) is 1. The number of likely N-dealkylation sites (N-methyl/N-ethyl adjacent to an activating group) is 1. The number of benzene rings is 1. The average molecular weight is 614 g/mol. The highest BCUT2D eigenvalue weighted by molar-refractivity contribution is 7.78. The van der Waals surface area contributed by atoms with Crippen LogP contribution in [0.15, 0.2) is 78.6 Å². The van der Waals surface area contributed by atoms with Crippen LogP contribution in [0.5, 0.6) is 0 Å². The average Bonchev–Trinajstić information content (AvgIpc) is 3.26. The summed E-state index contributed by atoms with van der Waals surface area (Å²) >= 11 is 4.34. The number of rotatable bonds is 8. The van der Waals surface area contributed by atoms with E-state index in [2.05, 4.69) is 48.4 Å². The van der Waals surface area contributed by atoms with Crippen molar-refractivity contribution in [2.75, 3.05) is 31.6 Å². The Morgan fingerprint density at radius 3 is 2.53 bits per heavy atom. The van der Waals surface area contributed by atoms with E-state index >= 15 is 0 Å². The molecule has 1 aromatic carbocycles. The van der Waals surface area contributed by atoms with Crippen LogP contribution in [0.2, 0.25) is 0 Å². The minimum Gasteiger partial charge on any atom is -0.349 e. The van der Waals surface area contributed by atoms with Crippen LogP contribution in [0, 0.1) is 12.8 Å². The minimum absolute atomic E-state index is 0.0505. The Morgan fingerprint density at radius 1 is 1.21 bits per heavy atom. The Hall–Kier alpha value is -2.91. The highest BCUT2D eigenvalue weighted by Gasteiger charge is 2.41. The molecule has 43 heavy (non-hydrogen) atoms. The molecule has 0 N–H and O–H groups in total. The number of thiol groups is 1. The van der Waals surface area contributed by atoms with E-state index in [-0.39, 0.29) is 11.1 Å². The number of halogens is 3. The smallest absolute Gasteiger partial charge is 0.349 e. The van der Waals surface area contributed by atoms with Crippen molar-refractivity contribution in [3.05, 3.63) is 95.4 Å². The lowest BCUT2D eigenvalue weighted by Gasteiger charge is -2.43. The van der Waals surface area contributed by atoms with Gasteiger partial charge in [-0.1, -0.05) is 45.9 Å². The number of aryl methyl sites for hydroxylation is 1. The van der Waals surface area contributed by atoms with Crippen molar-refractivity contribution in [1.82, 2.24) is 19.0 Å².